The van der Waals surface area contributed by atoms with Gasteiger partial charge < -0.3 is 14.0 Å². The van der Waals surface area contributed by atoms with E-state index in [0.717, 1.165) is 42.2 Å². The lowest BCUT2D eigenvalue weighted by Gasteiger charge is -2.28. The fourth-order valence-corrected chi connectivity index (χ4v) is 8.70. The van der Waals surface area contributed by atoms with Crippen molar-refractivity contribution in [2.75, 3.05) is 0 Å². The SMILES string of the molecule is c1cc2c(c(OCc3c4ccccc4cc4ccccc34)c1)C[N+]1(C2)Cc2cccc(OCc3c4ccccc4cc4ccccc34)c2C1. The normalized spacial score (nSPS) is 14.5. The van der Waals surface area contributed by atoms with Crippen molar-refractivity contribution in [3.63, 3.8) is 0 Å². The Hall–Kier alpha value is -5.64. The summed E-state index contributed by atoms with van der Waals surface area (Å²) in [6.07, 6.45) is 0. The molecular formula is C46H36NO2+. The molecule has 0 amide bonds. The molecule has 0 saturated heterocycles. The standard InChI is InChI=1S/C46H36NO2/c1-5-17-37-31(11-1)23-32-12-2-6-18-38(32)43(37)29-48-45-21-9-15-35-25-47(27-41(35)45)26-36-16-10-22-46(42(36)28-47)49-30-44-39-19-7-3-13-33(39)24-34-14-4-8-20-40(34)44/h1-24H,25-30H2/q+1. The van der Waals surface area contributed by atoms with Crippen molar-refractivity contribution in [2.24, 2.45) is 0 Å². The lowest BCUT2D eigenvalue weighted by Crippen LogP contribution is -2.36. The zero-order valence-electron chi connectivity index (χ0n) is 27.4. The van der Waals surface area contributed by atoms with Gasteiger partial charge in [0.1, 0.15) is 50.9 Å². The molecule has 8 aromatic rings. The Morgan fingerprint density at radius 3 is 1.14 bits per heavy atom. The third-order valence-electron chi connectivity index (χ3n) is 11.0. The predicted octanol–water partition coefficient (Wildman–Crippen LogP) is 11.0. The summed E-state index contributed by atoms with van der Waals surface area (Å²) in [5.41, 5.74) is 8.01. The molecule has 3 nitrogen and oxygen atoms in total. The maximum Gasteiger partial charge on any atom is 0.129 e. The van der Waals surface area contributed by atoms with Gasteiger partial charge in [-0.2, -0.15) is 0 Å². The summed E-state index contributed by atoms with van der Waals surface area (Å²) >= 11 is 0. The van der Waals surface area contributed by atoms with Crippen LogP contribution in [0.4, 0.5) is 0 Å². The molecule has 0 aromatic heterocycles. The molecule has 2 aliphatic heterocycles. The van der Waals surface area contributed by atoms with Gasteiger partial charge in [0.15, 0.2) is 0 Å². The Bertz CT molecular complexity index is 2300. The van der Waals surface area contributed by atoms with E-state index in [9.17, 15) is 0 Å². The average Bonchev–Trinajstić information content (AvgIpc) is 3.70. The highest BCUT2D eigenvalue weighted by molar-refractivity contribution is 6.03. The number of rotatable bonds is 6. The van der Waals surface area contributed by atoms with E-state index >= 15 is 0 Å². The van der Waals surface area contributed by atoms with E-state index in [0.29, 0.717) is 13.2 Å². The molecule has 0 saturated carbocycles. The molecule has 1 spiro atoms. The van der Waals surface area contributed by atoms with Gasteiger partial charge in [0, 0.05) is 22.3 Å². The van der Waals surface area contributed by atoms with E-state index in [2.05, 4.69) is 146 Å². The summed E-state index contributed by atoms with van der Waals surface area (Å²) in [7, 11) is 0. The highest BCUT2D eigenvalue weighted by Crippen LogP contribution is 2.45. The molecule has 10 rings (SSSR count). The van der Waals surface area contributed by atoms with Crippen LogP contribution in [0.5, 0.6) is 11.5 Å². The van der Waals surface area contributed by atoms with Crippen molar-refractivity contribution < 1.29 is 14.0 Å². The molecule has 8 aromatic carbocycles. The first-order chi connectivity index (χ1) is 24.2. The maximum atomic E-state index is 6.78. The topological polar surface area (TPSA) is 18.5 Å². The van der Waals surface area contributed by atoms with Gasteiger partial charge in [0.05, 0.1) is 11.1 Å². The number of quaternary nitrogens is 1. The van der Waals surface area contributed by atoms with Crippen LogP contribution in [0.2, 0.25) is 0 Å². The van der Waals surface area contributed by atoms with Gasteiger partial charge in [0.2, 0.25) is 0 Å². The molecule has 236 valence electrons. The zero-order valence-corrected chi connectivity index (χ0v) is 27.4. The van der Waals surface area contributed by atoms with Crippen molar-refractivity contribution in [3.05, 3.63) is 179 Å². The van der Waals surface area contributed by atoms with Gasteiger partial charge in [-0.3, -0.25) is 0 Å². The third kappa shape index (κ3) is 4.76. The number of hydrogen-bond acceptors (Lipinski definition) is 2. The first kappa shape index (κ1) is 28.4. The van der Waals surface area contributed by atoms with Gasteiger partial charge in [-0.25, -0.2) is 0 Å². The monoisotopic (exact) mass is 634 g/mol. The lowest BCUT2D eigenvalue weighted by molar-refractivity contribution is -0.966. The van der Waals surface area contributed by atoms with E-state index in [4.69, 9.17) is 9.47 Å². The second-order valence-corrected chi connectivity index (χ2v) is 13.9. The van der Waals surface area contributed by atoms with Crippen LogP contribution < -0.4 is 9.47 Å². The molecule has 0 bridgehead atoms. The summed E-state index contributed by atoms with van der Waals surface area (Å²) in [5, 5.41) is 10.1. The molecule has 0 aliphatic carbocycles. The highest BCUT2D eigenvalue weighted by atomic mass is 16.5. The van der Waals surface area contributed by atoms with Gasteiger partial charge in [-0.15, -0.1) is 0 Å². The van der Waals surface area contributed by atoms with Crippen LogP contribution in [-0.4, -0.2) is 4.48 Å². The average molecular weight is 635 g/mol. The molecule has 0 atom stereocenters. The summed E-state index contributed by atoms with van der Waals surface area (Å²) in [4.78, 5) is 0. The molecule has 0 fully saturated rings. The number of fused-ring (bicyclic) bond motifs is 6. The summed E-state index contributed by atoms with van der Waals surface area (Å²) in [6, 6.07) is 52.5. The molecule has 0 N–H and O–H groups in total. The first-order valence-corrected chi connectivity index (χ1v) is 17.3. The second-order valence-electron chi connectivity index (χ2n) is 13.9. The molecule has 0 radical (unpaired) electrons. The summed E-state index contributed by atoms with van der Waals surface area (Å²) in [5.74, 6) is 2.03. The van der Waals surface area contributed by atoms with Gasteiger partial charge in [-0.1, -0.05) is 121 Å². The van der Waals surface area contributed by atoms with E-state index in [-0.39, 0.29) is 0 Å². The fraction of sp³-hybridized carbons (Fsp3) is 0.130. The lowest BCUT2D eigenvalue weighted by atomic mass is 9.97. The Kier molecular flexibility index (Phi) is 6.50. The number of hydrogen-bond donors (Lipinski definition) is 0. The highest BCUT2D eigenvalue weighted by Gasteiger charge is 2.44. The molecule has 49 heavy (non-hydrogen) atoms. The van der Waals surface area contributed by atoms with Crippen molar-refractivity contribution in [3.8, 4) is 11.5 Å². The number of benzene rings is 8. The predicted molar refractivity (Wildman–Crippen MR) is 200 cm³/mol. The number of ether oxygens (including phenoxy) is 2. The third-order valence-corrected chi connectivity index (χ3v) is 11.0. The van der Waals surface area contributed by atoms with E-state index in [1.807, 2.05) is 0 Å². The van der Waals surface area contributed by atoms with Crippen LogP contribution in [0.3, 0.4) is 0 Å². The van der Waals surface area contributed by atoms with Gasteiger partial charge in [0.25, 0.3) is 0 Å². The zero-order chi connectivity index (χ0) is 32.4. The van der Waals surface area contributed by atoms with Gasteiger partial charge in [-0.05, 0) is 67.4 Å². The summed E-state index contributed by atoms with van der Waals surface area (Å²) in [6.45, 7) is 5.02. The molecular weight excluding hydrogens is 599 g/mol. The van der Waals surface area contributed by atoms with Gasteiger partial charge >= 0.3 is 0 Å². The molecule has 0 unspecified atom stereocenters. The molecule has 2 heterocycles. The minimum Gasteiger partial charge on any atom is -0.488 e. The maximum absolute atomic E-state index is 6.78. The van der Waals surface area contributed by atoms with Crippen molar-refractivity contribution in [2.45, 2.75) is 39.4 Å². The van der Waals surface area contributed by atoms with Crippen LogP contribution in [0, 0.1) is 0 Å². The van der Waals surface area contributed by atoms with E-state index in [1.165, 1.54) is 76.5 Å². The Labute approximate surface area is 286 Å². The largest absolute Gasteiger partial charge is 0.488 e. The quantitative estimate of drug-likeness (QED) is 0.134. The van der Waals surface area contributed by atoms with E-state index < -0.39 is 0 Å². The smallest absolute Gasteiger partial charge is 0.129 e. The van der Waals surface area contributed by atoms with Crippen LogP contribution in [0.15, 0.2) is 146 Å². The number of nitrogens with zero attached hydrogens (tertiary/aromatic N) is 1. The van der Waals surface area contributed by atoms with Crippen molar-refractivity contribution >= 4 is 43.1 Å². The van der Waals surface area contributed by atoms with Crippen LogP contribution in [0.25, 0.3) is 43.1 Å². The van der Waals surface area contributed by atoms with Crippen LogP contribution in [-0.2, 0) is 39.4 Å². The molecule has 2 aliphatic rings. The van der Waals surface area contributed by atoms with Crippen molar-refractivity contribution in [1.29, 1.82) is 0 Å². The first-order valence-electron chi connectivity index (χ1n) is 17.3. The molecule has 3 heteroatoms. The second kappa shape index (κ2) is 11.2. The fourth-order valence-electron chi connectivity index (χ4n) is 8.70. The Balaban J connectivity index is 0.928. The van der Waals surface area contributed by atoms with Crippen molar-refractivity contribution in [1.82, 2.24) is 0 Å². The minimum absolute atomic E-state index is 0.541. The summed E-state index contributed by atoms with van der Waals surface area (Å²) < 4.78 is 14.5. The minimum atomic E-state index is 0.541. The van der Waals surface area contributed by atoms with Crippen LogP contribution in [0.1, 0.15) is 33.4 Å². The Morgan fingerprint density at radius 1 is 0.388 bits per heavy atom. The Morgan fingerprint density at radius 2 is 0.755 bits per heavy atom. The van der Waals surface area contributed by atoms with E-state index in [1.54, 1.807) is 0 Å². The van der Waals surface area contributed by atoms with Crippen LogP contribution >= 0.6 is 0 Å².